The quantitative estimate of drug-likeness (QED) is 0.823. The Bertz CT molecular complexity index is 193. The van der Waals surface area contributed by atoms with Crippen molar-refractivity contribution in [1.29, 1.82) is 0 Å². The summed E-state index contributed by atoms with van der Waals surface area (Å²) < 4.78 is 5.61. The second kappa shape index (κ2) is 7.34. The number of nitrogens with zero attached hydrogens (tertiary/aromatic N) is 1. The molecule has 0 aromatic rings. The number of ether oxygens (including phenoxy) is 1. The molecule has 0 radical (unpaired) electrons. The third-order valence-electron chi connectivity index (χ3n) is 3.13. The Labute approximate surface area is 106 Å². The molecule has 0 aliphatic carbocycles. The minimum absolute atomic E-state index is 0.156. The summed E-state index contributed by atoms with van der Waals surface area (Å²) in [5, 5.41) is 9.96. The van der Waals surface area contributed by atoms with Crippen LogP contribution in [0.5, 0.6) is 0 Å². The topological polar surface area (TPSA) is 32.7 Å². The Kier molecular flexibility index (Phi) is 6.45. The normalized spacial score (nSPS) is 21.9. The second-order valence-corrected chi connectivity index (χ2v) is 6.15. The largest absolute Gasteiger partial charge is 0.389 e. The summed E-state index contributed by atoms with van der Waals surface area (Å²) in [6.45, 7) is 9.54. The maximum atomic E-state index is 9.96. The molecule has 1 aliphatic heterocycles. The van der Waals surface area contributed by atoms with Crippen molar-refractivity contribution >= 4 is 0 Å². The van der Waals surface area contributed by atoms with E-state index in [2.05, 4.69) is 4.90 Å². The van der Waals surface area contributed by atoms with E-state index in [-0.39, 0.29) is 11.7 Å². The highest BCUT2D eigenvalue weighted by Crippen LogP contribution is 2.12. The molecule has 1 N–H and O–H groups in total. The maximum absolute atomic E-state index is 9.96. The standard InChI is InChI=1S/C14H29NO2/c1-14(2,3)17-12-13(16)11-15-9-7-5-4-6-8-10-15/h13,16H,4-12H2,1-3H3. The third-order valence-corrected chi connectivity index (χ3v) is 3.13. The molecule has 102 valence electrons. The van der Waals surface area contributed by atoms with Crippen molar-refractivity contribution in [2.75, 3.05) is 26.2 Å². The number of rotatable bonds is 4. The Morgan fingerprint density at radius 1 is 1.06 bits per heavy atom. The van der Waals surface area contributed by atoms with Gasteiger partial charge in [0, 0.05) is 6.54 Å². The van der Waals surface area contributed by atoms with Crippen LogP contribution >= 0.6 is 0 Å². The molecule has 1 saturated heterocycles. The van der Waals surface area contributed by atoms with Gasteiger partial charge in [-0.25, -0.2) is 0 Å². The molecule has 0 bridgehead atoms. The fourth-order valence-corrected chi connectivity index (χ4v) is 2.19. The molecule has 1 rings (SSSR count). The molecule has 1 atom stereocenters. The van der Waals surface area contributed by atoms with Crippen LogP contribution in [0, 0.1) is 0 Å². The van der Waals surface area contributed by atoms with Crippen molar-refractivity contribution < 1.29 is 9.84 Å². The first-order chi connectivity index (χ1) is 7.97. The fraction of sp³-hybridized carbons (Fsp3) is 1.00. The molecule has 1 aliphatic rings. The Morgan fingerprint density at radius 3 is 2.12 bits per heavy atom. The SMILES string of the molecule is CC(C)(C)OCC(O)CN1CCCCCCC1. The van der Waals surface area contributed by atoms with E-state index in [1.807, 2.05) is 20.8 Å². The number of aliphatic hydroxyl groups excluding tert-OH is 1. The third kappa shape index (κ3) is 7.74. The van der Waals surface area contributed by atoms with Crippen molar-refractivity contribution in [2.24, 2.45) is 0 Å². The van der Waals surface area contributed by atoms with Gasteiger partial charge in [0.2, 0.25) is 0 Å². The molecular weight excluding hydrogens is 214 g/mol. The Balaban J connectivity index is 2.21. The number of β-amino-alcohol motifs (C(OH)–C–C–N with tert-alkyl or cyclic N) is 1. The van der Waals surface area contributed by atoms with E-state index in [4.69, 9.17) is 4.74 Å². The van der Waals surface area contributed by atoms with Gasteiger partial charge in [0.1, 0.15) is 0 Å². The van der Waals surface area contributed by atoms with Crippen LogP contribution in [0.15, 0.2) is 0 Å². The van der Waals surface area contributed by atoms with Gasteiger partial charge in [-0.2, -0.15) is 0 Å². The minimum atomic E-state index is -0.353. The summed E-state index contributed by atoms with van der Waals surface area (Å²) in [5.41, 5.74) is -0.156. The van der Waals surface area contributed by atoms with Gasteiger partial charge >= 0.3 is 0 Å². The maximum Gasteiger partial charge on any atom is 0.0900 e. The summed E-state index contributed by atoms with van der Waals surface area (Å²) in [6, 6.07) is 0. The lowest BCUT2D eigenvalue weighted by atomic mass is 10.1. The molecule has 0 amide bonds. The van der Waals surface area contributed by atoms with Gasteiger partial charge in [-0.1, -0.05) is 19.3 Å². The Hall–Kier alpha value is -0.120. The lowest BCUT2D eigenvalue weighted by Gasteiger charge is -2.28. The van der Waals surface area contributed by atoms with Crippen LogP contribution in [-0.4, -0.2) is 48.0 Å². The van der Waals surface area contributed by atoms with Crippen LogP contribution < -0.4 is 0 Å². The van der Waals surface area contributed by atoms with Crippen molar-refractivity contribution in [3.8, 4) is 0 Å². The summed E-state index contributed by atoms with van der Waals surface area (Å²) >= 11 is 0. The molecule has 1 fully saturated rings. The van der Waals surface area contributed by atoms with E-state index >= 15 is 0 Å². The lowest BCUT2D eigenvalue weighted by molar-refractivity contribution is -0.0564. The van der Waals surface area contributed by atoms with Gasteiger partial charge in [-0.3, -0.25) is 0 Å². The van der Waals surface area contributed by atoms with Crippen molar-refractivity contribution in [3.05, 3.63) is 0 Å². The van der Waals surface area contributed by atoms with Gasteiger partial charge in [-0.05, 0) is 46.7 Å². The summed E-state index contributed by atoms with van der Waals surface area (Å²) in [5.74, 6) is 0. The van der Waals surface area contributed by atoms with Gasteiger partial charge in [-0.15, -0.1) is 0 Å². The molecule has 1 heterocycles. The first-order valence-corrected chi connectivity index (χ1v) is 7.02. The highest BCUT2D eigenvalue weighted by atomic mass is 16.5. The highest BCUT2D eigenvalue weighted by Gasteiger charge is 2.16. The van der Waals surface area contributed by atoms with E-state index in [9.17, 15) is 5.11 Å². The van der Waals surface area contributed by atoms with Gasteiger partial charge in [0.05, 0.1) is 18.3 Å². The lowest BCUT2D eigenvalue weighted by Crippen LogP contribution is -2.38. The monoisotopic (exact) mass is 243 g/mol. The van der Waals surface area contributed by atoms with E-state index in [0.29, 0.717) is 6.61 Å². The van der Waals surface area contributed by atoms with Crippen molar-refractivity contribution in [1.82, 2.24) is 4.90 Å². The van der Waals surface area contributed by atoms with Gasteiger partial charge in [0.15, 0.2) is 0 Å². The predicted octanol–water partition coefficient (Wildman–Crippen LogP) is 2.43. The van der Waals surface area contributed by atoms with Crippen LogP contribution in [0.1, 0.15) is 52.9 Å². The molecule has 1 unspecified atom stereocenters. The molecule has 0 aromatic heterocycles. The van der Waals surface area contributed by atoms with E-state index in [0.717, 1.165) is 19.6 Å². The molecular formula is C14H29NO2. The van der Waals surface area contributed by atoms with Crippen LogP contribution in [0.2, 0.25) is 0 Å². The van der Waals surface area contributed by atoms with Crippen LogP contribution in [-0.2, 0) is 4.74 Å². The zero-order chi connectivity index (χ0) is 12.7. The molecule has 3 nitrogen and oxygen atoms in total. The smallest absolute Gasteiger partial charge is 0.0900 e. The summed E-state index contributed by atoms with van der Waals surface area (Å²) in [4.78, 5) is 2.38. The van der Waals surface area contributed by atoms with Crippen LogP contribution in [0.3, 0.4) is 0 Å². The van der Waals surface area contributed by atoms with E-state index in [1.54, 1.807) is 0 Å². The summed E-state index contributed by atoms with van der Waals surface area (Å²) in [6.07, 6.45) is 6.24. The number of hydrogen-bond donors (Lipinski definition) is 1. The highest BCUT2D eigenvalue weighted by molar-refractivity contribution is 4.68. The van der Waals surface area contributed by atoms with Crippen LogP contribution in [0.25, 0.3) is 0 Å². The summed E-state index contributed by atoms with van der Waals surface area (Å²) in [7, 11) is 0. The minimum Gasteiger partial charge on any atom is -0.389 e. The zero-order valence-corrected chi connectivity index (χ0v) is 11.7. The average Bonchev–Trinajstić information content (AvgIpc) is 2.18. The first kappa shape index (κ1) is 14.9. The predicted molar refractivity (Wildman–Crippen MR) is 71.2 cm³/mol. The molecule has 0 aromatic carbocycles. The molecule has 17 heavy (non-hydrogen) atoms. The molecule has 0 spiro atoms. The van der Waals surface area contributed by atoms with Crippen LogP contribution in [0.4, 0.5) is 0 Å². The number of hydrogen-bond acceptors (Lipinski definition) is 3. The van der Waals surface area contributed by atoms with Crippen molar-refractivity contribution in [3.63, 3.8) is 0 Å². The number of likely N-dealkylation sites (tertiary alicyclic amines) is 1. The van der Waals surface area contributed by atoms with Crippen molar-refractivity contribution in [2.45, 2.75) is 64.6 Å². The van der Waals surface area contributed by atoms with E-state index < -0.39 is 0 Å². The van der Waals surface area contributed by atoms with Gasteiger partial charge < -0.3 is 14.7 Å². The van der Waals surface area contributed by atoms with E-state index in [1.165, 1.54) is 32.1 Å². The Morgan fingerprint density at radius 2 is 1.59 bits per heavy atom. The fourth-order valence-electron chi connectivity index (χ4n) is 2.19. The number of aliphatic hydroxyl groups is 1. The second-order valence-electron chi connectivity index (χ2n) is 6.15. The zero-order valence-electron chi connectivity index (χ0n) is 11.7. The molecule has 0 saturated carbocycles. The first-order valence-electron chi connectivity index (χ1n) is 7.02. The average molecular weight is 243 g/mol. The molecule has 3 heteroatoms. The van der Waals surface area contributed by atoms with Gasteiger partial charge in [0.25, 0.3) is 0 Å².